The minimum Gasteiger partial charge on any atom is -0.486 e. The second-order valence-corrected chi connectivity index (χ2v) is 8.17. The third kappa shape index (κ3) is 11.8. The summed E-state index contributed by atoms with van der Waals surface area (Å²) >= 11 is 5.41. The number of aldehydes is 3. The highest BCUT2D eigenvalue weighted by atomic mass is 35.5. The molecule has 1 aliphatic carbocycles. The van der Waals surface area contributed by atoms with Crippen LogP contribution in [0.2, 0.25) is 5.02 Å². The molecule has 0 amide bonds. The van der Waals surface area contributed by atoms with Crippen LogP contribution in [0.3, 0.4) is 0 Å². The second kappa shape index (κ2) is 16.5. The molecule has 0 heterocycles. The number of hydrogen-bond acceptors (Lipinski definition) is 7. The van der Waals surface area contributed by atoms with Crippen molar-refractivity contribution in [2.45, 2.75) is 31.9 Å². The maximum absolute atomic E-state index is 12.7. The fourth-order valence-electron chi connectivity index (χ4n) is 2.91. The van der Waals surface area contributed by atoms with Crippen LogP contribution in [0, 0.1) is 5.82 Å². The van der Waals surface area contributed by atoms with Gasteiger partial charge in [0.1, 0.15) is 37.4 Å². The molecule has 0 aliphatic heterocycles. The van der Waals surface area contributed by atoms with Crippen molar-refractivity contribution in [2.24, 2.45) is 0 Å². The van der Waals surface area contributed by atoms with E-state index in [2.05, 4.69) is 23.6 Å². The first kappa shape index (κ1) is 30.0. The molecule has 1 atom stereocenters. The zero-order chi connectivity index (χ0) is 26.1. The van der Waals surface area contributed by atoms with Crippen LogP contribution in [0.25, 0.3) is 0 Å². The summed E-state index contributed by atoms with van der Waals surface area (Å²) in [7, 11) is 4.00. The molecule has 0 fully saturated rings. The van der Waals surface area contributed by atoms with Crippen LogP contribution in [-0.2, 0) is 20.9 Å². The Kier molecular flexibility index (Phi) is 14.2. The van der Waals surface area contributed by atoms with Crippen LogP contribution < -0.4 is 15.4 Å². The zero-order valence-electron chi connectivity index (χ0n) is 20.2. The predicted octanol–water partition coefficient (Wildman–Crippen LogP) is 4.13. The number of rotatable bonds is 10. The summed E-state index contributed by atoms with van der Waals surface area (Å²) in [5.41, 5.74) is 3.25. The molecule has 0 saturated heterocycles. The Morgan fingerprint density at radius 1 is 1.06 bits per heavy atom. The van der Waals surface area contributed by atoms with Crippen molar-refractivity contribution in [2.75, 3.05) is 27.3 Å². The van der Waals surface area contributed by atoms with Gasteiger partial charge in [-0.15, -0.1) is 0 Å². The van der Waals surface area contributed by atoms with Crippen molar-refractivity contribution in [1.82, 2.24) is 10.6 Å². The summed E-state index contributed by atoms with van der Waals surface area (Å²) in [6.45, 7) is 2.67. The van der Waals surface area contributed by atoms with E-state index in [4.69, 9.17) is 21.1 Å². The van der Waals surface area contributed by atoms with Crippen molar-refractivity contribution in [3.63, 3.8) is 0 Å². The molecule has 3 rings (SSSR count). The Bertz CT molecular complexity index is 969. The van der Waals surface area contributed by atoms with Crippen LogP contribution in [0.15, 0.2) is 54.2 Å². The minimum atomic E-state index is -0.555. The smallest absolute Gasteiger partial charge is 0.157 e. The highest BCUT2D eigenvalue weighted by Crippen LogP contribution is 2.26. The topological polar surface area (TPSA) is 93.7 Å². The molecule has 2 aromatic carbocycles. The van der Waals surface area contributed by atoms with Gasteiger partial charge in [-0.2, -0.15) is 0 Å². The first-order chi connectivity index (χ1) is 16.8. The van der Waals surface area contributed by atoms with Crippen LogP contribution in [0.4, 0.5) is 4.39 Å². The van der Waals surface area contributed by atoms with Gasteiger partial charge in [0.05, 0.1) is 11.6 Å². The van der Waals surface area contributed by atoms with Gasteiger partial charge in [0, 0.05) is 36.3 Å². The maximum Gasteiger partial charge on any atom is 0.157 e. The van der Waals surface area contributed by atoms with Gasteiger partial charge in [-0.1, -0.05) is 41.9 Å². The standard InChI is InChI=1S/C10H10O3.C8H6ClFO2.C8H16N2/c11-5-6-13-8-10-3-1-9(7-12)2-4-10;9-7-2-1-6(5-8(7)10)12-4-3-11;1-8(10-3)5-4-7(6-8)9-2/h1-5,7H,6,8H2;1-3,5H,4H2;4,9-10H,5-6H2,1-3H3. The molecular formula is C26H32ClFN2O5. The molecule has 0 spiro atoms. The van der Waals surface area contributed by atoms with Crippen molar-refractivity contribution >= 4 is 30.5 Å². The second-order valence-electron chi connectivity index (χ2n) is 7.77. The number of hydrogen-bond donors (Lipinski definition) is 2. The van der Waals surface area contributed by atoms with Crippen molar-refractivity contribution in [3.05, 3.63) is 76.2 Å². The number of carbonyl (C=O) groups is 3. The monoisotopic (exact) mass is 506 g/mol. The molecule has 0 bridgehead atoms. The van der Waals surface area contributed by atoms with Gasteiger partial charge < -0.3 is 24.9 Å². The molecule has 1 aliphatic rings. The van der Waals surface area contributed by atoms with Gasteiger partial charge in [0.2, 0.25) is 0 Å². The van der Waals surface area contributed by atoms with Crippen LogP contribution in [0.5, 0.6) is 5.75 Å². The molecule has 190 valence electrons. The highest BCUT2D eigenvalue weighted by Gasteiger charge is 2.26. The van der Waals surface area contributed by atoms with E-state index in [1.165, 1.54) is 17.8 Å². The summed E-state index contributed by atoms with van der Waals surface area (Å²) in [4.78, 5) is 30.1. The van der Waals surface area contributed by atoms with Gasteiger partial charge in [-0.05, 0) is 38.1 Å². The Balaban J connectivity index is 0.000000265. The number of ether oxygens (including phenoxy) is 2. The van der Waals surface area contributed by atoms with Crippen molar-refractivity contribution in [3.8, 4) is 5.75 Å². The van der Waals surface area contributed by atoms with Gasteiger partial charge >= 0.3 is 0 Å². The summed E-state index contributed by atoms with van der Waals surface area (Å²) in [5.74, 6) is -0.260. The van der Waals surface area contributed by atoms with Gasteiger partial charge in [0.15, 0.2) is 6.29 Å². The molecule has 9 heteroatoms. The first-order valence-electron chi connectivity index (χ1n) is 10.9. The molecule has 1 unspecified atom stereocenters. The van der Waals surface area contributed by atoms with Crippen molar-refractivity contribution < 1.29 is 28.2 Å². The molecular weight excluding hydrogens is 475 g/mol. The molecule has 0 radical (unpaired) electrons. The van der Waals surface area contributed by atoms with E-state index >= 15 is 0 Å². The lowest BCUT2D eigenvalue weighted by Crippen LogP contribution is -2.37. The van der Waals surface area contributed by atoms with E-state index in [0.29, 0.717) is 36.0 Å². The molecule has 0 aromatic heterocycles. The van der Waals surface area contributed by atoms with Gasteiger partial charge in [-0.25, -0.2) is 4.39 Å². The Hall–Kier alpha value is -3.07. The average molecular weight is 507 g/mol. The highest BCUT2D eigenvalue weighted by molar-refractivity contribution is 6.30. The lowest BCUT2D eigenvalue weighted by molar-refractivity contribution is -0.112. The van der Waals surface area contributed by atoms with Crippen LogP contribution >= 0.6 is 11.6 Å². The number of nitrogens with one attached hydrogen (secondary N) is 2. The molecule has 0 saturated carbocycles. The largest absolute Gasteiger partial charge is 0.486 e. The van der Waals surface area contributed by atoms with Crippen LogP contribution in [0.1, 0.15) is 35.7 Å². The lowest BCUT2D eigenvalue weighted by Gasteiger charge is -2.23. The van der Waals surface area contributed by atoms with Gasteiger partial charge in [-0.3, -0.25) is 9.59 Å². The van der Waals surface area contributed by atoms with Crippen molar-refractivity contribution in [1.29, 1.82) is 0 Å². The summed E-state index contributed by atoms with van der Waals surface area (Å²) in [5, 5.41) is 6.52. The van der Waals surface area contributed by atoms with E-state index in [1.807, 2.05) is 14.1 Å². The molecule has 2 aromatic rings. The zero-order valence-corrected chi connectivity index (χ0v) is 20.9. The summed E-state index contributed by atoms with van der Waals surface area (Å²) in [6, 6.07) is 11.0. The van der Waals surface area contributed by atoms with E-state index in [1.54, 1.807) is 24.3 Å². The third-order valence-electron chi connectivity index (χ3n) is 5.08. The normalized spacial score (nSPS) is 16.0. The van der Waals surface area contributed by atoms with E-state index < -0.39 is 5.82 Å². The predicted molar refractivity (Wildman–Crippen MR) is 134 cm³/mol. The quantitative estimate of drug-likeness (QED) is 0.369. The Morgan fingerprint density at radius 3 is 2.23 bits per heavy atom. The maximum atomic E-state index is 12.7. The summed E-state index contributed by atoms with van der Waals surface area (Å²) < 4.78 is 22.5. The fraction of sp³-hybridized carbons (Fsp3) is 0.346. The SMILES string of the molecule is CNC1=CCC(C)(NC)C1.O=CCOCc1ccc(C=O)cc1.O=CCOc1ccc(Cl)c(F)c1. The Labute approximate surface area is 210 Å². The number of benzene rings is 2. The van der Waals surface area contributed by atoms with E-state index in [9.17, 15) is 18.8 Å². The molecule has 7 nitrogen and oxygen atoms in total. The molecule has 35 heavy (non-hydrogen) atoms. The average Bonchev–Trinajstić information content (AvgIpc) is 3.28. The van der Waals surface area contributed by atoms with E-state index in [-0.39, 0.29) is 18.2 Å². The Morgan fingerprint density at radius 2 is 1.74 bits per heavy atom. The fourth-order valence-corrected chi connectivity index (χ4v) is 3.03. The lowest BCUT2D eigenvalue weighted by atomic mass is 10.00. The third-order valence-corrected chi connectivity index (χ3v) is 5.39. The van der Waals surface area contributed by atoms with E-state index in [0.717, 1.165) is 30.8 Å². The van der Waals surface area contributed by atoms with Gasteiger partial charge in [0.25, 0.3) is 0 Å². The summed E-state index contributed by atoms with van der Waals surface area (Å²) in [6.07, 6.45) is 6.61. The molecule has 2 N–H and O–H groups in total. The minimum absolute atomic E-state index is 0.0356. The van der Waals surface area contributed by atoms with Crippen LogP contribution in [-0.4, -0.2) is 51.7 Å². The first-order valence-corrected chi connectivity index (χ1v) is 11.3. The number of halogens is 2. The number of carbonyl (C=O) groups excluding carboxylic acids is 3.